The number of thiophene rings is 1. The lowest BCUT2D eigenvalue weighted by Crippen LogP contribution is -2.07. The van der Waals surface area contributed by atoms with Gasteiger partial charge in [-0.05, 0) is 36.8 Å². The number of carbonyl (C=O) groups is 1. The van der Waals surface area contributed by atoms with E-state index >= 15 is 0 Å². The molecule has 2 rings (SSSR count). The molecule has 1 heterocycles. The average Bonchev–Trinajstić information content (AvgIpc) is 2.86. The maximum Gasteiger partial charge on any atom is 0.306 e. The van der Waals surface area contributed by atoms with Crippen molar-refractivity contribution in [3.63, 3.8) is 0 Å². The summed E-state index contributed by atoms with van der Waals surface area (Å²) in [6, 6.07) is 3.93. The molecule has 1 N–H and O–H groups in total. The van der Waals surface area contributed by atoms with Gasteiger partial charge in [0.05, 0.1) is 10.3 Å². The summed E-state index contributed by atoms with van der Waals surface area (Å²) in [7, 11) is 0. The molecule has 4 heteroatoms. The van der Waals surface area contributed by atoms with Crippen LogP contribution in [0.1, 0.15) is 18.2 Å². The first-order valence-electron chi connectivity index (χ1n) is 5.05. The summed E-state index contributed by atoms with van der Waals surface area (Å²) in [6.07, 6.45) is 1.79. The lowest BCUT2D eigenvalue weighted by molar-refractivity contribution is -0.139. The molecule has 2 nitrogen and oxygen atoms in total. The second-order valence-corrected chi connectivity index (χ2v) is 6.03. The van der Waals surface area contributed by atoms with E-state index in [9.17, 15) is 4.79 Å². The molecule has 0 aliphatic heterocycles. The predicted molar refractivity (Wildman–Crippen MR) is 61.4 cm³/mol. The monoisotopic (exact) mass is 244 g/mol. The third-order valence-corrected chi connectivity index (χ3v) is 4.29. The molecule has 15 heavy (non-hydrogen) atoms. The number of carboxylic acids is 1. The number of hydrogen-bond donors (Lipinski definition) is 1. The Morgan fingerprint density at radius 3 is 2.93 bits per heavy atom. The first-order chi connectivity index (χ1) is 7.08. The van der Waals surface area contributed by atoms with Crippen LogP contribution in [0.4, 0.5) is 0 Å². The lowest BCUT2D eigenvalue weighted by atomic mass is 10.00. The van der Waals surface area contributed by atoms with Crippen LogP contribution in [-0.2, 0) is 11.2 Å². The number of hydrogen-bond acceptors (Lipinski definition) is 2. The molecule has 0 spiro atoms. The van der Waals surface area contributed by atoms with Crippen molar-refractivity contribution in [2.75, 3.05) is 0 Å². The molecule has 1 saturated carbocycles. The molecule has 82 valence electrons. The number of rotatable bonds is 4. The van der Waals surface area contributed by atoms with E-state index in [1.54, 1.807) is 11.3 Å². The zero-order chi connectivity index (χ0) is 11.0. The van der Waals surface area contributed by atoms with E-state index in [2.05, 4.69) is 6.92 Å². The lowest BCUT2D eigenvalue weighted by Gasteiger charge is -2.07. The molecule has 0 bridgehead atoms. The maximum atomic E-state index is 10.7. The Kier molecular flexibility index (Phi) is 3.03. The van der Waals surface area contributed by atoms with Gasteiger partial charge in [-0.2, -0.15) is 0 Å². The SMILES string of the molecule is CC(Cc1ccc(Cl)s1)C1CC1C(=O)O. The van der Waals surface area contributed by atoms with Crippen LogP contribution in [0.5, 0.6) is 0 Å². The smallest absolute Gasteiger partial charge is 0.306 e. The third kappa shape index (κ3) is 2.52. The first-order valence-corrected chi connectivity index (χ1v) is 6.24. The Morgan fingerprint density at radius 1 is 1.73 bits per heavy atom. The van der Waals surface area contributed by atoms with Crippen molar-refractivity contribution >= 4 is 28.9 Å². The molecule has 1 aromatic heterocycles. The van der Waals surface area contributed by atoms with Crippen molar-refractivity contribution in [1.29, 1.82) is 0 Å². The third-order valence-electron chi connectivity index (χ3n) is 3.04. The van der Waals surface area contributed by atoms with Crippen molar-refractivity contribution in [3.05, 3.63) is 21.3 Å². The number of aliphatic carboxylic acids is 1. The van der Waals surface area contributed by atoms with Crippen LogP contribution in [0, 0.1) is 17.8 Å². The summed E-state index contributed by atoms with van der Waals surface area (Å²) >= 11 is 7.43. The minimum Gasteiger partial charge on any atom is -0.481 e. The van der Waals surface area contributed by atoms with Gasteiger partial charge in [-0.1, -0.05) is 18.5 Å². The topological polar surface area (TPSA) is 37.3 Å². The molecule has 3 unspecified atom stereocenters. The fourth-order valence-corrected chi connectivity index (χ4v) is 3.29. The molecule has 1 aliphatic rings. The van der Waals surface area contributed by atoms with E-state index in [1.165, 1.54) is 4.88 Å². The second-order valence-electron chi connectivity index (χ2n) is 4.23. The van der Waals surface area contributed by atoms with Gasteiger partial charge >= 0.3 is 5.97 Å². The number of halogens is 1. The minimum atomic E-state index is -0.643. The van der Waals surface area contributed by atoms with Crippen LogP contribution in [0.3, 0.4) is 0 Å². The van der Waals surface area contributed by atoms with Crippen molar-refractivity contribution in [2.24, 2.45) is 17.8 Å². The molecule has 1 aromatic rings. The van der Waals surface area contributed by atoms with Crippen LogP contribution in [0.25, 0.3) is 0 Å². The molecule has 1 aliphatic carbocycles. The van der Waals surface area contributed by atoms with E-state index < -0.39 is 5.97 Å². The molecule has 3 atom stereocenters. The van der Waals surface area contributed by atoms with E-state index in [4.69, 9.17) is 16.7 Å². The Hall–Kier alpha value is -0.540. The van der Waals surface area contributed by atoms with Crippen molar-refractivity contribution in [2.45, 2.75) is 19.8 Å². The largest absolute Gasteiger partial charge is 0.481 e. The molecular weight excluding hydrogens is 232 g/mol. The quantitative estimate of drug-likeness (QED) is 0.883. The van der Waals surface area contributed by atoms with E-state index in [0.717, 1.165) is 17.2 Å². The normalized spacial score (nSPS) is 26.3. The Morgan fingerprint density at radius 2 is 2.47 bits per heavy atom. The summed E-state index contributed by atoms with van der Waals surface area (Å²) in [6.45, 7) is 2.13. The Balaban J connectivity index is 1.89. The highest BCUT2D eigenvalue weighted by atomic mass is 35.5. The summed E-state index contributed by atoms with van der Waals surface area (Å²) in [5.74, 6) is 0.0655. The van der Waals surface area contributed by atoms with Gasteiger partial charge in [0.1, 0.15) is 0 Å². The summed E-state index contributed by atoms with van der Waals surface area (Å²) in [5, 5.41) is 8.82. The van der Waals surface area contributed by atoms with E-state index in [0.29, 0.717) is 11.8 Å². The zero-order valence-corrected chi connectivity index (χ0v) is 10.0. The van der Waals surface area contributed by atoms with Gasteiger partial charge in [0.15, 0.2) is 0 Å². The van der Waals surface area contributed by atoms with Gasteiger partial charge in [-0.15, -0.1) is 11.3 Å². The van der Waals surface area contributed by atoms with Crippen molar-refractivity contribution < 1.29 is 9.90 Å². The van der Waals surface area contributed by atoms with Gasteiger partial charge in [0.25, 0.3) is 0 Å². The highest BCUT2D eigenvalue weighted by Crippen LogP contribution is 2.45. The van der Waals surface area contributed by atoms with Gasteiger partial charge in [-0.3, -0.25) is 4.79 Å². The summed E-state index contributed by atoms with van der Waals surface area (Å²) in [5.41, 5.74) is 0. The highest BCUT2D eigenvalue weighted by Gasteiger charge is 2.46. The van der Waals surface area contributed by atoms with Crippen molar-refractivity contribution in [3.8, 4) is 0 Å². The summed E-state index contributed by atoms with van der Waals surface area (Å²) in [4.78, 5) is 12.0. The molecule has 0 radical (unpaired) electrons. The molecule has 0 aromatic carbocycles. The molecule has 0 amide bonds. The Bertz CT molecular complexity index is 374. The van der Waals surface area contributed by atoms with Crippen molar-refractivity contribution in [1.82, 2.24) is 0 Å². The fourth-order valence-electron chi connectivity index (χ4n) is 2.06. The summed E-state index contributed by atoms with van der Waals surface area (Å²) < 4.78 is 0.808. The zero-order valence-electron chi connectivity index (χ0n) is 8.44. The maximum absolute atomic E-state index is 10.7. The van der Waals surface area contributed by atoms with Crippen LogP contribution in [0.2, 0.25) is 4.34 Å². The van der Waals surface area contributed by atoms with E-state index in [-0.39, 0.29) is 5.92 Å². The molecular formula is C11H13ClO2S. The number of carboxylic acid groups (broad SMARTS) is 1. The average molecular weight is 245 g/mol. The van der Waals surface area contributed by atoms with Gasteiger partial charge in [-0.25, -0.2) is 0 Å². The molecule has 0 saturated heterocycles. The van der Waals surface area contributed by atoms with Gasteiger partial charge in [0.2, 0.25) is 0 Å². The van der Waals surface area contributed by atoms with Crippen LogP contribution in [-0.4, -0.2) is 11.1 Å². The first kappa shape index (κ1) is 11.0. The van der Waals surface area contributed by atoms with Gasteiger partial charge < -0.3 is 5.11 Å². The predicted octanol–water partition coefficient (Wildman–Crippen LogP) is 3.30. The van der Waals surface area contributed by atoms with Crippen LogP contribution in [0.15, 0.2) is 12.1 Å². The van der Waals surface area contributed by atoms with E-state index in [1.807, 2.05) is 12.1 Å². The second kappa shape index (κ2) is 4.14. The Labute approximate surface area is 97.9 Å². The minimum absolute atomic E-state index is 0.101. The highest BCUT2D eigenvalue weighted by molar-refractivity contribution is 7.16. The van der Waals surface area contributed by atoms with Gasteiger partial charge in [0, 0.05) is 4.88 Å². The molecule has 1 fully saturated rings. The standard InChI is InChI=1S/C11H13ClO2S/c1-6(8-5-9(8)11(13)14)4-7-2-3-10(12)15-7/h2-3,6,8-9H,4-5H2,1H3,(H,13,14). The van der Waals surface area contributed by atoms with Crippen LogP contribution < -0.4 is 0 Å². The van der Waals surface area contributed by atoms with Crippen LogP contribution >= 0.6 is 22.9 Å². The fraction of sp³-hybridized carbons (Fsp3) is 0.545.